The molecule has 9 nitrogen and oxygen atoms in total. The number of para-hydroxylation sites is 2. The molecular formula is C23H25N5O4S2. The number of hydrogen-bond acceptors (Lipinski definition) is 7. The molecule has 0 saturated heterocycles. The summed E-state index contributed by atoms with van der Waals surface area (Å²) in [5.41, 5.74) is 3.40. The van der Waals surface area contributed by atoms with Crippen LogP contribution in [0, 0.1) is 25.2 Å². The van der Waals surface area contributed by atoms with Crippen molar-refractivity contribution < 1.29 is 17.9 Å². The number of hydrogen-bond donors (Lipinski definition) is 1. The third-order valence-corrected chi connectivity index (χ3v) is 8.79. The first kappa shape index (κ1) is 24.0. The van der Waals surface area contributed by atoms with E-state index in [0.29, 0.717) is 5.75 Å². The smallest absolute Gasteiger partial charge is 0.283 e. The Kier molecular flexibility index (Phi) is 6.26. The second-order valence-corrected chi connectivity index (χ2v) is 11.6. The molecule has 1 amide bonds. The van der Waals surface area contributed by atoms with E-state index in [0.717, 1.165) is 39.4 Å². The van der Waals surface area contributed by atoms with Crippen molar-refractivity contribution in [3.05, 3.63) is 52.9 Å². The van der Waals surface area contributed by atoms with Crippen molar-refractivity contribution in [1.29, 1.82) is 5.41 Å². The lowest BCUT2D eigenvalue weighted by molar-refractivity contribution is -0.114. The Hall–Kier alpha value is -3.18. The molecule has 2 aliphatic rings. The zero-order valence-electron chi connectivity index (χ0n) is 19.5. The van der Waals surface area contributed by atoms with Crippen LogP contribution in [-0.4, -0.2) is 52.1 Å². The summed E-state index contributed by atoms with van der Waals surface area (Å²) in [6, 6.07) is 9.53. The third-order valence-electron chi connectivity index (χ3n) is 5.35. The lowest BCUT2D eigenvalue weighted by Gasteiger charge is -2.20. The van der Waals surface area contributed by atoms with Crippen LogP contribution in [0.25, 0.3) is 11.8 Å². The number of sulfone groups is 1. The van der Waals surface area contributed by atoms with Crippen LogP contribution in [0.3, 0.4) is 0 Å². The fraction of sp³-hybridized carbons (Fsp3) is 0.304. The predicted molar refractivity (Wildman–Crippen MR) is 135 cm³/mol. The van der Waals surface area contributed by atoms with Gasteiger partial charge in [0.1, 0.15) is 5.75 Å². The molecule has 0 radical (unpaired) electrons. The average molecular weight is 500 g/mol. The molecule has 11 heteroatoms. The minimum absolute atomic E-state index is 0.0379. The number of aryl methyl sites for hydroxylation is 1. The van der Waals surface area contributed by atoms with Crippen molar-refractivity contribution >= 4 is 49.0 Å². The van der Waals surface area contributed by atoms with Crippen LogP contribution in [-0.2, 0) is 14.6 Å². The number of hydrazone groups is 1. The number of nitrogens with one attached hydrogen (secondary N) is 1. The van der Waals surface area contributed by atoms with Gasteiger partial charge in [0.05, 0.1) is 24.1 Å². The summed E-state index contributed by atoms with van der Waals surface area (Å²) < 4.78 is 32.6. The lowest BCUT2D eigenvalue weighted by atomic mass is 10.1. The van der Waals surface area contributed by atoms with Crippen LogP contribution in [0.2, 0.25) is 0 Å². The fourth-order valence-corrected chi connectivity index (χ4v) is 6.67. The number of amides is 1. The number of carbonyl (C=O) groups excluding carboxylic acids is 1. The molecule has 34 heavy (non-hydrogen) atoms. The third kappa shape index (κ3) is 4.21. The molecule has 0 spiro atoms. The molecule has 2 aliphatic heterocycles. The van der Waals surface area contributed by atoms with Crippen molar-refractivity contribution in [2.24, 2.45) is 16.0 Å². The molecule has 4 rings (SSSR count). The van der Waals surface area contributed by atoms with E-state index in [1.165, 1.54) is 0 Å². The second-order valence-electron chi connectivity index (χ2n) is 8.39. The number of benzene rings is 1. The highest BCUT2D eigenvalue weighted by molar-refractivity contribution is 8.42. The minimum atomic E-state index is -3.63. The maximum Gasteiger partial charge on any atom is 0.283 e. The summed E-state index contributed by atoms with van der Waals surface area (Å²) in [6.45, 7) is 7.46. The Bertz CT molecular complexity index is 1400. The van der Waals surface area contributed by atoms with Gasteiger partial charge in [-0.15, -0.1) is 5.10 Å². The Morgan fingerprint density at radius 1 is 1.24 bits per heavy atom. The van der Waals surface area contributed by atoms with Crippen molar-refractivity contribution in [1.82, 2.24) is 9.58 Å². The zero-order chi connectivity index (χ0) is 24.8. The Balaban J connectivity index is 1.72. The molecule has 2 aromatic rings. The molecule has 0 bridgehead atoms. The molecule has 3 heterocycles. The van der Waals surface area contributed by atoms with Crippen LogP contribution in [0.5, 0.6) is 5.75 Å². The largest absolute Gasteiger partial charge is 0.495 e. The van der Waals surface area contributed by atoms with Gasteiger partial charge >= 0.3 is 0 Å². The van der Waals surface area contributed by atoms with Gasteiger partial charge in [-0.25, -0.2) is 8.42 Å². The van der Waals surface area contributed by atoms with Crippen molar-refractivity contribution in [2.75, 3.05) is 12.9 Å². The lowest BCUT2D eigenvalue weighted by Crippen LogP contribution is -2.35. The number of aromatic nitrogens is 1. The minimum Gasteiger partial charge on any atom is -0.495 e. The van der Waals surface area contributed by atoms with Crippen molar-refractivity contribution in [3.8, 4) is 11.4 Å². The molecular weight excluding hydrogens is 474 g/mol. The van der Waals surface area contributed by atoms with Crippen LogP contribution in [0.1, 0.15) is 30.8 Å². The first-order valence-corrected chi connectivity index (χ1v) is 13.1. The summed E-state index contributed by atoms with van der Waals surface area (Å²) >= 11 is 0.802. The first-order valence-electron chi connectivity index (χ1n) is 10.6. The number of methoxy groups -OCH3 is 1. The summed E-state index contributed by atoms with van der Waals surface area (Å²) in [6.07, 6.45) is 1.60. The average Bonchev–Trinajstić information content (AvgIpc) is 3.31. The van der Waals surface area contributed by atoms with E-state index in [2.05, 4.69) is 10.1 Å². The predicted octanol–water partition coefficient (Wildman–Crippen LogP) is 3.75. The Morgan fingerprint density at radius 2 is 1.94 bits per heavy atom. The van der Waals surface area contributed by atoms with Gasteiger partial charge in [0.25, 0.3) is 5.91 Å². The van der Waals surface area contributed by atoms with E-state index in [4.69, 9.17) is 10.1 Å². The number of nitrogens with zero attached hydrogens (tertiary/aromatic N) is 4. The molecule has 1 aromatic carbocycles. The van der Waals surface area contributed by atoms with E-state index in [1.807, 2.05) is 48.7 Å². The highest BCUT2D eigenvalue weighted by Crippen LogP contribution is 2.33. The SMILES string of the molecule is COc1ccccc1-n1c(C)cc(/C=C2\C(=N)N3N=C(S(=O)(=O)CC(C)C)SC3=NC2=O)c1C. The van der Waals surface area contributed by atoms with Gasteiger partial charge in [0.15, 0.2) is 5.84 Å². The van der Waals surface area contributed by atoms with Gasteiger partial charge in [0.2, 0.25) is 19.4 Å². The van der Waals surface area contributed by atoms with Crippen LogP contribution in [0.15, 0.2) is 46.0 Å². The van der Waals surface area contributed by atoms with Crippen molar-refractivity contribution in [3.63, 3.8) is 0 Å². The number of rotatable bonds is 5. The molecule has 0 aliphatic carbocycles. The molecule has 0 saturated carbocycles. The Morgan fingerprint density at radius 3 is 2.62 bits per heavy atom. The van der Waals surface area contributed by atoms with Crippen molar-refractivity contribution in [2.45, 2.75) is 27.7 Å². The van der Waals surface area contributed by atoms with Crippen LogP contribution in [0.4, 0.5) is 0 Å². The number of fused-ring (bicyclic) bond motifs is 1. The van der Waals surface area contributed by atoms with E-state index in [1.54, 1.807) is 27.0 Å². The van der Waals surface area contributed by atoms with Crippen LogP contribution < -0.4 is 4.74 Å². The van der Waals surface area contributed by atoms with E-state index in [9.17, 15) is 13.2 Å². The zero-order valence-corrected chi connectivity index (χ0v) is 21.1. The molecule has 178 valence electrons. The molecule has 1 aromatic heterocycles. The quantitative estimate of drug-likeness (QED) is 0.626. The van der Waals surface area contributed by atoms with Gasteiger partial charge < -0.3 is 9.30 Å². The highest BCUT2D eigenvalue weighted by atomic mass is 32.3. The summed E-state index contributed by atoms with van der Waals surface area (Å²) in [7, 11) is -2.02. The normalized spacial score (nSPS) is 17.4. The standard InChI is InChI=1S/C23H25N5O4S2/c1-13(2)12-34(30,31)23-26-28-20(24)17(21(29)25-22(28)33-23)11-16-10-14(3)27(15(16)4)18-8-6-7-9-19(18)32-5/h6-11,13,24H,12H2,1-5H3/b17-11+,24-20?. The van der Waals surface area contributed by atoms with Gasteiger partial charge in [-0.3, -0.25) is 10.2 Å². The molecule has 0 fully saturated rings. The van der Waals surface area contributed by atoms with E-state index < -0.39 is 15.7 Å². The number of thioether (sulfide) groups is 1. The number of aliphatic imine (C=N–C) groups is 1. The monoisotopic (exact) mass is 499 g/mol. The van der Waals surface area contributed by atoms with Gasteiger partial charge in [0, 0.05) is 11.4 Å². The van der Waals surface area contributed by atoms with Crippen LogP contribution >= 0.6 is 11.8 Å². The van der Waals surface area contributed by atoms with E-state index in [-0.39, 0.29) is 32.6 Å². The maximum atomic E-state index is 12.8. The second kappa shape index (κ2) is 8.88. The van der Waals surface area contributed by atoms with Gasteiger partial charge in [-0.05, 0) is 61.4 Å². The summed E-state index contributed by atoms with van der Waals surface area (Å²) in [5, 5.41) is 13.9. The number of ether oxygens (including phenoxy) is 1. The maximum absolute atomic E-state index is 12.8. The van der Waals surface area contributed by atoms with E-state index >= 15 is 0 Å². The highest BCUT2D eigenvalue weighted by Gasteiger charge is 2.40. The fourth-order valence-electron chi connectivity index (χ4n) is 3.88. The molecule has 0 unspecified atom stereocenters. The van der Waals surface area contributed by atoms with Gasteiger partial charge in [-0.2, -0.15) is 10.0 Å². The first-order chi connectivity index (χ1) is 16.0. The summed E-state index contributed by atoms with van der Waals surface area (Å²) in [4.78, 5) is 16.8. The summed E-state index contributed by atoms with van der Waals surface area (Å²) in [5.74, 6) is -0.262. The number of carbonyl (C=O) groups is 1. The molecule has 0 atom stereocenters. The topological polar surface area (TPSA) is 117 Å². The van der Waals surface area contributed by atoms with Gasteiger partial charge in [-0.1, -0.05) is 26.0 Å². The Labute approximate surface area is 202 Å². The number of amidine groups is 2. The molecule has 1 N–H and O–H groups in total.